The summed E-state index contributed by atoms with van der Waals surface area (Å²) >= 11 is 6.08. The van der Waals surface area contributed by atoms with Crippen LogP contribution in [0.1, 0.15) is 23.2 Å². The lowest BCUT2D eigenvalue weighted by Crippen LogP contribution is -2.17. The number of nitrogens with one attached hydrogen (secondary N) is 1. The van der Waals surface area contributed by atoms with Crippen molar-refractivity contribution < 1.29 is 0 Å². The lowest BCUT2D eigenvalue weighted by atomic mass is 10.2. The first-order valence-electron chi connectivity index (χ1n) is 5.76. The Morgan fingerprint density at radius 3 is 2.88 bits per heavy atom. The zero-order valence-corrected chi connectivity index (χ0v) is 10.3. The van der Waals surface area contributed by atoms with Crippen LogP contribution in [0.5, 0.6) is 0 Å². The molecule has 0 bridgehead atoms. The monoisotopic (exact) mass is 248 g/mol. The van der Waals surface area contributed by atoms with E-state index < -0.39 is 0 Å². The van der Waals surface area contributed by atoms with E-state index in [9.17, 15) is 4.79 Å². The molecule has 0 unspecified atom stereocenters. The summed E-state index contributed by atoms with van der Waals surface area (Å²) in [6.07, 6.45) is 2.93. The SMILES string of the molecule is Cc1ccc(-n2[nH]c3c(c2=O)CCC3)cc1Cl. The number of rotatable bonds is 1. The van der Waals surface area contributed by atoms with Crippen LogP contribution in [0.25, 0.3) is 5.69 Å². The summed E-state index contributed by atoms with van der Waals surface area (Å²) in [6, 6.07) is 5.66. The van der Waals surface area contributed by atoms with Crippen molar-refractivity contribution >= 4 is 11.6 Å². The molecule has 17 heavy (non-hydrogen) atoms. The van der Waals surface area contributed by atoms with E-state index in [-0.39, 0.29) is 5.56 Å². The normalized spacial score (nSPS) is 14.0. The Kier molecular flexibility index (Phi) is 2.37. The molecule has 0 radical (unpaired) electrons. The molecule has 1 aliphatic carbocycles. The predicted molar refractivity (Wildman–Crippen MR) is 68.2 cm³/mol. The molecule has 3 rings (SSSR count). The minimum absolute atomic E-state index is 0.0671. The summed E-state index contributed by atoms with van der Waals surface area (Å²) in [5, 5.41) is 3.85. The number of aryl methyl sites for hydroxylation is 2. The molecule has 0 atom stereocenters. The molecule has 1 heterocycles. The van der Waals surface area contributed by atoms with E-state index in [0.717, 1.165) is 41.8 Å². The number of halogens is 1. The first kappa shape index (κ1) is 10.7. The van der Waals surface area contributed by atoms with Crippen LogP contribution in [-0.2, 0) is 12.8 Å². The molecule has 88 valence electrons. The average Bonchev–Trinajstić information content (AvgIpc) is 2.86. The maximum Gasteiger partial charge on any atom is 0.274 e. The summed E-state index contributed by atoms with van der Waals surface area (Å²) in [6.45, 7) is 1.95. The second kappa shape index (κ2) is 3.77. The maximum absolute atomic E-state index is 12.1. The van der Waals surface area contributed by atoms with Crippen molar-refractivity contribution in [3.63, 3.8) is 0 Å². The number of fused-ring (bicyclic) bond motifs is 1. The molecule has 1 aliphatic rings. The Morgan fingerprint density at radius 2 is 2.18 bits per heavy atom. The third kappa shape index (κ3) is 1.62. The topological polar surface area (TPSA) is 37.8 Å². The van der Waals surface area contributed by atoms with Crippen LogP contribution < -0.4 is 5.56 Å². The van der Waals surface area contributed by atoms with Crippen molar-refractivity contribution in [3.05, 3.63) is 50.4 Å². The van der Waals surface area contributed by atoms with E-state index in [1.165, 1.54) is 0 Å². The fraction of sp³-hybridized carbons (Fsp3) is 0.308. The predicted octanol–water partition coefficient (Wildman–Crippen LogP) is 2.62. The van der Waals surface area contributed by atoms with Gasteiger partial charge in [0.2, 0.25) is 0 Å². The smallest absolute Gasteiger partial charge is 0.274 e. The van der Waals surface area contributed by atoms with Gasteiger partial charge in [-0.05, 0) is 43.9 Å². The summed E-state index contributed by atoms with van der Waals surface area (Å²) in [5.74, 6) is 0. The molecule has 1 N–H and O–H groups in total. The number of nitrogens with zero attached hydrogens (tertiary/aromatic N) is 1. The molecule has 0 saturated heterocycles. The van der Waals surface area contributed by atoms with Gasteiger partial charge in [0.25, 0.3) is 5.56 Å². The molecule has 0 spiro atoms. The van der Waals surface area contributed by atoms with Gasteiger partial charge in [-0.2, -0.15) is 0 Å². The fourth-order valence-electron chi connectivity index (χ4n) is 2.33. The minimum atomic E-state index is 0.0671. The maximum atomic E-state index is 12.1. The van der Waals surface area contributed by atoms with Crippen LogP contribution in [0.4, 0.5) is 0 Å². The third-order valence-corrected chi connectivity index (χ3v) is 3.75. The largest absolute Gasteiger partial charge is 0.295 e. The number of H-pyrrole nitrogens is 1. The summed E-state index contributed by atoms with van der Waals surface area (Å²) in [7, 11) is 0. The minimum Gasteiger partial charge on any atom is -0.295 e. The quantitative estimate of drug-likeness (QED) is 0.828. The summed E-state index contributed by atoms with van der Waals surface area (Å²) in [5.41, 5.74) is 3.90. The molecule has 1 aromatic heterocycles. The second-order valence-corrected chi connectivity index (χ2v) is 4.90. The first-order valence-corrected chi connectivity index (χ1v) is 6.14. The van der Waals surface area contributed by atoms with E-state index in [1.807, 2.05) is 25.1 Å². The van der Waals surface area contributed by atoms with Crippen molar-refractivity contribution in [2.24, 2.45) is 0 Å². The van der Waals surface area contributed by atoms with Crippen molar-refractivity contribution in [1.82, 2.24) is 9.78 Å². The molecular formula is C13H13ClN2O. The molecule has 2 aromatic rings. The number of hydrogen-bond donors (Lipinski definition) is 1. The van der Waals surface area contributed by atoms with Gasteiger partial charge in [-0.1, -0.05) is 17.7 Å². The Balaban J connectivity index is 2.16. The van der Waals surface area contributed by atoms with Gasteiger partial charge in [0, 0.05) is 16.3 Å². The molecule has 0 amide bonds. The van der Waals surface area contributed by atoms with Crippen LogP contribution >= 0.6 is 11.6 Å². The molecular weight excluding hydrogens is 236 g/mol. The molecule has 3 nitrogen and oxygen atoms in total. The van der Waals surface area contributed by atoms with Crippen molar-refractivity contribution in [2.75, 3.05) is 0 Å². The van der Waals surface area contributed by atoms with Gasteiger partial charge in [-0.15, -0.1) is 0 Å². The highest BCUT2D eigenvalue weighted by atomic mass is 35.5. The van der Waals surface area contributed by atoms with E-state index in [4.69, 9.17) is 11.6 Å². The Bertz CT molecular complexity index is 639. The zero-order valence-electron chi connectivity index (χ0n) is 9.59. The highest BCUT2D eigenvalue weighted by Gasteiger charge is 2.19. The zero-order chi connectivity index (χ0) is 12.0. The van der Waals surface area contributed by atoms with Gasteiger partial charge in [-0.3, -0.25) is 9.89 Å². The first-order chi connectivity index (χ1) is 8.16. The lowest BCUT2D eigenvalue weighted by Gasteiger charge is -2.04. The summed E-state index contributed by atoms with van der Waals surface area (Å²) in [4.78, 5) is 12.1. The van der Waals surface area contributed by atoms with Gasteiger partial charge in [0.15, 0.2) is 0 Å². The van der Waals surface area contributed by atoms with Crippen LogP contribution in [-0.4, -0.2) is 9.78 Å². The van der Waals surface area contributed by atoms with Crippen LogP contribution in [0.3, 0.4) is 0 Å². The van der Waals surface area contributed by atoms with E-state index in [2.05, 4.69) is 5.10 Å². The van der Waals surface area contributed by atoms with Crippen LogP contribution in [0, 0.1) is 6.92 Å². The Morgan fingerprint density at radius 1 is 1.35 bits per heavy atom. The summed E-state index contributed by atoms with van der Waals surface area (Å²) < 4.78 is 1.59. The lowest BCUT2D eigenvalue weighted by molar-refractivity contribution is 0.779. The van der Waals surface area contributed by atoms with Crippen molar-refractivity contribution in [3.8, 4) is 5.69 Å². The van der Waals surface area contributed by atoms with Gasteiger partial charge in [-0.25, -0.2) is 4.68 Å². The molecule has 4 heteroatoms. The molecule has 0 fully saturated rings. The van der Waals surface area contributed by atoms with E-state index in [1.54, 1.807) is 4.68 Å². The second-order valence-electron chi connectivity index (χ2n) is 4.50. The highest BCUT2D eigenvalue weighted by molar-refractivity contribution is 6.31. The number of benzene rings is 1. The number of hydrogen-bond acceptors (Lipinski definition) is 1. The standard InChI is InChI=1S/C13H13ClN2O/c1-8-5-6-9(7-11(8)14)16-13(17)10-3-2-4-12(10)15-16/h5-7,15H,2-4H2,1H3. The van der Waals surface area contributed by atoms with Gasteiger partial charge in [0.05, 0.1) is 5.69 Å². The Hall–Kier alpha value is -1.48. The van der Waals surface area contributed by atoms with Crippen molar-refractivity contribution in [1.29, 1.82) is 0 Å². The molecule has 0 aliphatic heterocycles. The fourth-order valence-corrected chi connectivity index (χ4v) is 2.50. The number of aromatic amines is 1. The van der Waals surface area contributed by atoms with Gasteiger partial charge in [0.1, 0.15) is 0 Å². The average molecular weight is 249 g/mol. The number of aromatic nitrogens is 2. The van der Waals surface area contributed by atoms with Gasteiger partial charge < -0.3 is 0 Å². The van der Waals surface area contributed by atoms with Crippen LogP contribution in [0.2, 0.25) is 5.02 Å². The highest BCUT2D eigenvalue weighted by Crippen LogP contribution is 2.21. The van der Waals surface area contributed by atoms with Crippen LogP contribution in [0.15, 0.2) is 23.0 Å². The molecule has 0 saturated carbocycles. The third-order valence-electron chi connectivity index (χ3n) is 3.34. The molecule has 1 aromatic carbocycles. The van der Waals surface area contributed by atoms with E-state index in [0.29, 0.717) is 5.02 Å². The van der Waals surface area contributed by atoms with Gasteiger partial charge >= 0.3 is 0 Å². The van der Waals surface area contributed by atoms with Crippen molar-refractivity contribution in [2.45, 2.75) is 26.2 Å². The Labute approximate surface area is 104 Å². The van der Waals surface area contributed by atoms with E-state index >= 15 is 0 Å².